The molecule has 25 heavy (non-hydrogen) atoms. The van der Waals surface area contributed by atoms with Crippen molar-refractivity contribution in [1.82, 2.24) is 0 Å². The van der Waals surface area contributed by atoms with Gasteiger partial charge in [0, 0.05) is 6.61 Å². The van der Waals surface area contributed by atoms with Gasteiger partial charge < -0.3 is 5.11 Å². The van der Waals surface area contributed by atoms with E-state index in [1.54, 1.807) is 15.9 Å². The highest BCUT2D eigenvalue weighted by molar-refractivity contribution is 7.16. The molecule has 1 heterocycles. The predicted molar refractivity (Wildman–Crippen MR) is 108 cm³/mol. The molecule has 2 aliphatic carbocycles. The van der Waals surface area contributed by atoms with Crippen molar-refractivity contribution in [3.8, 4) is 11.1 Å². The van der Waals surface area contributed by atoms with Crippen molar-refractivity contribution in [2.75, 3.05) is 6.61 Å². The molecule has 0 radical (unpaired) electrons. The molecule has 126 valence electrons. The topological polar surface area (TPSA) is 20.2 Å². The van der Waals surface area contributed by atoms with E-state index in [0.29, 0.717) is 0 Å². The van der Waals surface area contributed by atoms with Crippen LogP contribution in [-0.4, -0.2) is 19.8 Å². The van der Waals surface area contributed by atoms with Crippen LogP contribution in [0.3, 0.4) is 0 Å². The average molecular weight is 345 g/mol. The fourth-order valence-corrected chi connectivity index (χ4v) is 8.88. The normalized spacial score (nSPS) is 18.4. The average Bonchev–Trinajstić information content (AvgIpc) is 2.98. The van der Waals surface area contributed by atoms with Crippen LogP contribution >= 0.6 is 0 Å². The lowest BCUT2D eigenvalue weighted by Gasteiger charge is -2.11. The van der Waals surface area contributed by atoms with Gasteiger partial charge in [0.2, 0.25) is 0 Å². The van der Waals surface area contributed by atoms with Crippen molar-refractivity contribution < 1.29 is 5.11 Å². The van der Waals surface area contributed by atoms with Crippen molar-refractivity contribution in [3.63, 3.8) is 0 Å². The summed E-state index contributed by atoms with van der Waals surface area (Å²) < 4.78 is 0. The van der Waals surface area contributed by atoms with Gasteiger partial charge >= 0.3 is 0 Å². The van der Waals surface area contributed by atoms with Crippen LogP contribution in [0.5, 0.6) is 0 Å². The lowest BCUT2D eigenvalue weighted by molar-refractivity contribution is 0.289. The number of fused-ring (bicyclic) bond motifs is 5. The molecule has 2 aromatic rings. The van der Waals surface area contributed by atoms with E-state index in [4.69, 9.17) is 0 Å². The Balaban J connectivity index is 1.69. The third kappa shape index (κ3) is 2.11. The van der Waals surface area contributed by atoms with Crippen LogP contribution in [0.4, 0.5) is 0 Å². The summed E-state index contributed by atoms with van der Waals surface area (Å²) in [7, 11) is -1.38. The van der Waals surface area contributed by atoms with Crippen LogP contribution in [0.2, 0.25) is 13.1 Å². The minimum atomic E-state index is -1.38. The molecule has 0 atom stereocenters. The maximum atomic E-state index is 9.23. The summed E-state index contributed by atoms with van der Waals surface area (Å²) in [6, 6.07) is 11.4. The number of hydrogen-bond donors (Lipinski definition) is 1. The molecule has 0 saturated carbocycles. The molecule has 1 nitrogen and oxygen atoms in total. The molecule has 0 spiro atoms. The summed E-state index contributed by atoms with van der Waals surface area (Å²) in [4.78, 5) is 0. The van der Waals surface area contributed by atoms with Gasteiger partial charge in [-0.25, -0.2) is 0 Å². The Hall–Kier alpha value is -1.90. The minimum Gasteiger partial charge on any atom is -0.396 e. The Bertz CT molecular complexity index is 962. The standard InChI is InChI=1S/C23H24OSi/c1-25(2)22-20-13-16-7-3-4-10-18(16)19(20)14-21(23(22)25)17-11-5-8-15(17)9-6-12-24/h3-5,7-8,10,14,24H,6,9,11-13H2,1-2H3. The van der Waals surface area contributed by atoms with Gasteiger partial charge in [0.1, 0.15) is 8.07 Å². The first-order valence-corrected chi connectivity index (χ1v) is 12.4. The lowest BCUT2D eigenvalue weighted by atomic mass is 9.95. The zero-order chi connectivity index (χ0) is 17.2. The smallest absolute Gasteiger partial charge is 0.113 e. The van der Waals surface area contributed by atoms with Crippen molar-refractivity contribution in [2.24, 2.45) is 0 Å². The zero-order valence-corrected chi connectivity index (χ0v) is 16.0. The van der Waals surface area contributed by atoms with Crippen molar-refractivity contribution >= 4 is 24.0 Å². The van der Waals surface area contributed by atoms with E-state index in [0.717, 1.165) is 25.7 Å². The van der Waals surface area contributed by atoms with Crippen molar-refractivity contribution in [3.05, 3.63) is 64.7 Å². The second kappa shape index (κ2) is 5.30. The Morgan fingerprint density at radius 2 is 1.88 bits per heavy atom. The minimum absolute atomic E-state index is 0.278. The van der Waals surface area contributed by atoms with E-state index in [1.807, 2.05) is 0 Å². The summed E-state index contributed by atoms with van der Waals surface area (Å²) in [6.45, 7) is 5.31. The van der Waals surface area contributed by atoms with E-state index in [2.05, 4.69) is 55.6 Å². The van der Waals surface area contributed by atoms with Gasteiger partial charge in [0.05, 0.1) is 0 Å². The highest BCUT2D eigenvalue weighted by atomic mass is 28.3. The first-order chi connectivity index (χ1) is 12.1. The maximum absolute atomic E-state index is 9.23. The number of aliphatic hydroxyl groups excluding tert-OH is 1. The summed E-state index contributed by atoms with van der Waals surface area (Å²) >= 11 is 0. The van der Waals surface area contributed by atoms with Crippen LogP contribution in [-0.2, 0) is 6.42 Å². The second-order valence-electron chi connectivity index (χ2n) is 8.10. The SMILES string of the molecule is C[Si]1(C)c2c(C3=C(CCCO)C=CC3)cc3c(c21)Cc1ccccc1-3. The monoisotopic (exact) mass is 344 g/mol. The van der Waals surface area contributed by atoms with E-state index >= 15 is 0 Å². The van der Waals surface area contributed by atoms with Crippen molar-refractivity contribution in [2.45, 2.75) is 38.8 Å². The maximum Gasteiger partial charge on any atom is 0.113 e. The number of aliphatic hydroxyl groups is 1. The number of benzene rings is 2. The lowest BCUT2D eigenvalue weighted by Crippen LogP contribution is -2.20. The summed E-state index contributed by atoms with van der Waals surface area (Å²) in [6.07, 6.45) is 8.62. The van der Waals surface area contributed by atoms with Crippen LogP contribution in [0.15, 0.2) is 48.1 Å². The van der Waals surface area contributed by atoms with Gasteiger partial charge in [-0.05, 0) is 75.9 Å². The molecule has 2 heteroatoms. The number of allylic oxidation sites excluding steroid dienone is 4. The fourth-order valence-electron chi connectivity index (χ4n) is 5.03. The van der Waals surface area contributed by atoms with Crippen LogP contribution in [0.1, 0.15) is 36.0 Å². The Kier molecular flexibility index (Phi) is 3.25. The molecular weight excluding hydrogens is 320 g/mol. The Morgan fingerprint density at radius 1 is 1.04 bits per heavy atom. The molecule has 5 rings (SSSR count). The number of hydrogen-bond acceptors (Lipinski definition) is 1. The molecule has 0 bridgehead atoms. The molecule has 1 N–H and O–H groups in total. The third-order valence-electron chi connectivity index (χ3n) is 6.26. The molecule has 0 fully saturated rings. The molecule has 0 amide bonds. The van der Waals surface area contributed by atoms with Gasteiger partial charge in [-0.3, -0.25) is 0 Å². The molecule has 0 saturated heterocycles. The van der Waals surface area contributed by atoms with Crippen LogP contribution in [0.25, 0.3) is 16.7 Å². The van der Waals surface area contributed by atoms with Gasteiger partial charge in [0.25, 0.3) is 0 Å². The summed E-state index contributed by atoms with van der Waals surface area (Å²) in [5.41, 5.74) is 10.5. The molecule has 1 aliphatic heterocycles. The van der Waals surface area contributed by atoms with E-state index in [-0.39, 0.29) is 6.61 Å². The van der Waals surface area contributed by atoms with Crippen LogP contribution in [0, 0.1) is 0 Å². The largest absolute Gasteiger partial charge is 0.396 e. The first-order valence-electron chi connectivity index (χ1n) is 9.42. The van der Waals surface area contributed by atoms with E-state index in [1.165, 1.54) is 33.4 Å². The Morgan fingerprint density at radius 3 is 2.72 bits per heavy atom. The van der Waals surface area contributed by atoms with Gasteiger partial charge in [-0.2, -0.15) is 0 Å². The zero-order valence-electron chi connectivity index (χ0n) is 15.0. The summed E-state index contributed by atoms with van der Waals surface area (Å²) in [5, 5.41) is 12.7. The fraction of sp³-hybridized carbons (Fsp3) is 0.304. The van der Waals surface area contributed by atoms with E-state index in [9.17, 15) is 5.11 Å². The van der Waals surface area contributed by atoms with Gasteiger partial charge in [0.15, 0.2) is 0 Å². The highest BCUT2D eigenvalue weighted by Crippen LogP contribution is 2.43. The Labute approximate surface area is 150 Å². The molecule has 0 aromatic heterocycles. The first kappa shape index (κ1) is 15.4. The van der Waals surface area contributed by atoms with Gasteiger partial charge in [-0.15, -0.1) is 0 Å². The molecule has 3 aliphatic rings. The molecule has 2 aromatic carbocycles. The molecular formula is C23H24OSi. The predicted octanol–water partition coefficient (Wildman–Crippen LogP) is 3.88. The highest BCUT2D eigenvalue weighted by Gasteiger charge is 2.50. The number of rotatable bonds is 4. The van der Waals surface area contributed by atoms with Gasteiger partial charge in [-0.1, -0.05) is 54.7 Å². The second-order valence-corrected chi connectivity index (χ2v) is 12.3. The third-order valence-corrected chi connectivity index (χ3v) is 9.58. The van der Waals surface area contributed by atoms with E-state index < -0.39 is 8.07 Å². The molecule has 0 unspecified atom stereocenters. The van der Waals surface area contributed by atoms with Crippen molar-refractivity contribution in [1.29, 1.82) is 0 Å². The quantitative estimate of drug-likeness (QED) is 0.712. The van der Waals surface area contributed by atoms with Crippen LogP contribution < -0.4 is 10.4 Å². The summed E-state index contributed by atoms with van der Waals surface area (Å²) in [5.74, 6) is 0.